The molecule has 2 aromatic carbocycles. The number of fused-ring (bicyclic) bond motifs is 2. The number of piperidine rings is 1. The van der Waals surface area contributed by atoms with Gasteiger partial charge in [-0.25, -0.2) is 0 Å². The summed E-state index contributed by atoms with van der Waals surface area (Å²) in [6.45, 7) is 24.4. The van der Waals surface area contributed by atoms with Crippen LogP contribution in [0.4, 0.5) is 0 Å². The van der Waals surface area contributed by atoms with Gasteiger partial charge in [-0.15, -0.1) is 0 Å². The standard InChI is InChI=1S/C69H109N9O12/c1-19-45(6)61-57(80)40-52(42-90-69(10,11)12)62(83)70-53(65(86)78-33-24-21-25-34-78)38-50-29-26-30-51(37-50)46(7)31-32-58(81)75(16)56(39-49-27-22-20-23-28-49)66(87)72(13)41-59(82)74(15)54(35-43(2)3)63(84)71-60(48(9)79)68(89)73(14)47(8)64(85)76(17)55(36-44(4)5)67(88)77(61)18/h20,22-23,26-30,37,43-45,47-48,52-56,60-61,63,71,79,84H,7,19,21,24-25,31-36,38-42H2,1-6,8-18H3,(H,70,83)/t45-,47-,48+,52-,53-,54-,55-,56-,60-,61-,63?/m0/s1. The second-order valence-electron chi connectivity index (χ2n) is 27.2. The van der Waals surface area contributed by atoms with Gasteiger partial charge < -0.3 is 54.6 Å². The number of allylic oxidation sites excluding steroid dienone is 1. The summed E-state index contributed by atoms with van der Waals surface area (Å²) >= 11 is 0. The normalized spacial score (nSPS) is 25.9. The van der Waals surface area contributed by atoms with E-state index in [2.05, 4.69) is 17.2 Å². The molecular formula is C69H109N9O12. The van der Waals surface area contributed by atoms with Crippen LogP contribution in [0.25, 0.3) is 5.57 Å². The Labute approximate surface area is 536 Å². The third-order valence-electron chi connectivity index (χ3n) is 17.8. The van der Waals surface area contributed by atoms with Crippen LogP contribution in [0.2, 0.25) is 0 Å². The van der Waals surface area contributed by atoms with Gasteiger partial charge in [0.05, 0.1) is 42.9 Å². The number of amides is 8. The summed E-state index contributed by atoms with van der Waals surface area (Å²) in [5.74, 6) is -6.41. The first-order valence-electron chi connectivity index (χ1n) is 32.4. The molecular weight excluding hydrogens is 1150 g/mol. The van der Waals surface area contributed by atoms with E-state index < -0.39 is 120 Å². The number of ether oxygens (including phenoxy) is 1. The van der Waals surface area contributed by atoms with Gasteiger partial charge in [0, 0.05) is 81.1 Å². The zero-order valence-electron chi connectivity index (χ0n) is 57.1. The van der Waals surface area contributed by atoms with Gasteiger partial charge in [0.1, 0.15) is 36.4 Å². The number of aliphatic hydroxyl groups is 2. The molecule has 4 rings (SSSR count). The molecule has 0 saturated carbocycles. The average Bonchev–Trinajstić information content (AvgIpc) is 1.07. The first-order chi connectivity index (χ1) is 42.1. The van der Waals surface area contributed by atoms with E-state index in [1.165, 1.54) is 73.6 Å². The zero-order valence-corrected chi connectivity index (χ0v) is 57.1. The summed E-state index contributed by atoms with van der Waals surface area (Å²) in [7, 11) is 8.86. The highest BCUT2D eigenvalue weighted by molar-refractivity contribution is 5.97. The lowest BCUT2D eigenvalue weighted by molar-refractivity contribution is -0.153. The minimum atomic E-state index is -1.62. The van der Waals surface area contributed by atoms with E-state index in [-0.39, 0.29) is 75.2 Å². The van der Waals surface area contributed by atoms with Crippen molar-refractivity contribution in [2.45, 2.75) is 207 Å². The molecule has 4 N–H and O–H groups in total. The van der Waals surface area contributed by atoms with Gasteiger partial charge in [0.25, 0.3) is 0 Å². The molecule has 1 fully saturated rings. The highest BCUT2D eigenvalue weighted by atomic mass is 16.5. The smallest absolute Gasteiger partial charge is 0.245 e. The Bertz CT molecular complexity index is 2760. The first-order valence-corrected chi connectivity index (χ1v) is 32.4. The topological polar surface area (TPSA) is 250 Å². The Morgan fingerprint density at radius 1 is 0.711 bits per heavy atom. The number of carbonyl (C=O) groups excluding carboxylic acids is 9. The van der Waals surface area contributed by atoms with Crippen molar-refractivity contribution in [2.75, 3.05) is 68.5 Å². The molecule has 2 bridgehead atoms. The van der Waals surface area contributed by atoms with E-state index in [0.29, 0.717) is 36.2 Å². The van der Waals surface area contributed by atoms with E-state index in [1.54, 1.807) is 11.9 Å². The quantitative estimate of drug-likeness (QED) is 0.203. The summed E-state index contributed by atoms with van der Waals surface area (Å²) in [5, 5.41) is 29.1. The Balaban J connectivity index is 1.88. The first kappa shape index (κ1) is 75.9. The zero-order chi connectivity index (χ0) is 67.6. The minimum absolute atomic E-state index is 0.0352. The van der Waals surface area contributed by atoms with Crippen molar-refractivity contribution in [3.63, 3.8) is 0 Å². The van der Waals surface area contributed by atoms with Crippen LogP contribution in [-0.4, -0.2) is 226 Å². The van der Waals surface area contributed by atoms with Crippen LogP contribution < -0.4 is 10.6 Å². The Hall–Kier alpha value is -6.55. The summed E-state index contributed by atoms with van der Waals surface area (Å²) in [5.41, 5.74) is 2.05. The number of aliphatic hydroxyl groups excluding tert-OH is 2. The molecule has 2 aromatic rings. The molecule has 0 spiro atoms. The van der Waals surface area contributed by atoms with E-state index in [0.717, 1.165) is 29.7 Å². The summed E-state index contributed by atoms with van der Waals surface area (Å²) in [6, 6.07) is 8.58. The van der Waals surface area contributed by atoms with Gasteiger partial charge in [-0.05, 0) is 113 Å². The number of nitrogens with one attached hydrogen (secondary N) is 2. The molecule has 90 heavy (non-hydrogen) atoms. The lowest BCUT2D eigenvalue weighted by atomic mass is 9.88. The number of nitrogens with zero attached hydrogens (tertiary/aromatic N) is 7. The molecule has 0 aliphatic carbocycles. The van der Waals surface area contributed by atoms with Crippen molar-refractivity contribution in [3.8, 4) is 0 Å². The second-order valence-corrected chi connectivity index (χ2v) is 27.2. The summed E-state index contributed by atoms with van der Waals surface area (Å²) < 4.78 is 6.25. The Morgan fingerprint density at radius 2 is 1.33 bits per heavy atom. The van der Waals surface area contributed by atoms with E-state index in [1.807, 2.05) is 117 Å². The minimum Gasteiger partial charge on any atom is -0.391 e. The fourth-order valence-corrected chi connectivity index (χ4v) is 11.8. The van der Waals surface area contributed by atoms with Crippen molar-refractivity contribution in [1.82, 2.24) is 44.9 Å². The third-order valence-corrected chi connectivity index (χ3v) is 17.8. The number of ketones is 1. The second kappa shape index (κ2) is 34.8. The number of Topliss-reactive ketones (excluding diaryl/α,β-unsaturated/α-hetero) is 1. The number of hydrogen-bond acceptors (Lipinski definition) is 13. The summed E-state index contributed by atoms with van der Waals surface area (Å²) in [6.07, 6.45) is 0.384. The van der Waals surface area contributed by atoms with Crippen LogP contribution in [0.3, 0.4) is 0 Å². The van der Waals surface area contributed by atoms with Crippen molar-refractivity contribution >= 4 is 58.6 Å². The maximum absolute atomic E-state index is 15.1. The predicted octanol–water partition coefficient (Wildman–Crippen LogP) is 5.58. The van der Waals surface area contributed by atoms with Crippen molar-refractivity contribution in [2.24, 2.45) is 23.7 Å². The molecule has 2 aliphatic rings. The average molecular weight is 1260 g/mol. The fraction of sp³-hybridized carbons (Fsp3) is 0.667. The van der Waals surface area contributed by atoms with Gasteiger partial charge in [-0.1, -0.05) is 109 Å². The van der Waals surface area contributed by atoms with Crippen LogP contribution >= 0.6 is 0 Å². The van der Waals surface area contributed by atoms with Crippen LogP contribution in [-0.2, 0) is 60.7 Å². The van der Waals surface area contributed by atoms with Gasteiger partial charge in [0.15, 0.2) is 5.78 Å². The SMILES string of the molecule is C=C1CCC(=O)N(C)[C@@H](Cc2ccccc2)C(=O)N(C)CC(=O)N(C)[C@@H](CC(C)C)C(O)N[C@@H]([C@@H](C)O)C(=O)N(C)[C@@H](C)C(=O)N(C)[C@@H](CC(C)C)C(=O)N(C)[C@@H]([C@@H](C)CC)C(=O)C[C@@H](COC(C)(C)C)C(=O)N[C@H](C(=O)N2CCCCC2)Cc2cccc1c2. The van der Waals surface area contributed by atoms with Crippen LogP contribution in [0.5, 0.6) is 0 Å². The number of carbonyl (C=O) groups is 9. The van der Waals surface area contributed by atoms with Gasteiger partial charge in [-0.2, -0.15) is 0 Å². The van der Waals surface area contributed by atoms with Crippen molar-refractivity contribution in [1.29, 1.82) is 0 Å². The monoisotopic (exact) mass is 1260 g/mol. The lowest BCUT2D eigenvalue weighted by Crippen LogP contribution is -2.62. The van der Waals surface area contributed by atoms with Gasteiger partial charge in [-0.3, -0.25) is 48.5 Å². The van der Waals surface area contributed by atoms with Gasteiger partial charge in [0.2, 0.25) is 47.3 Å². The molecule has 0 aromatic heterocycles. The Morgan fingerprint density at radius 3 is 1.91 bits per heavy atom. The molecule has 2 heterocycles. The van der Waals surface area contributed by atoms with Crippen LogP contribution in [0.1, 0.15) is 151 Å². The molecule has 2 aliphatic heterocycles. The fourth-order valence-electron chi connectivity index (χ4n) is 11.8. The number of rotatable bonds is 12. The van der Waals surface area contributed by atoms with E-state index in [9.17, 15) is 43.8 Å². The maximum Gasteiger partial charge on any atom is 0.245 e. The highest BCUT2D eigenvalue weighted by Gasteiger charge is 2.43. The van der Waals surface area contributed by atoms with E-state index >= 15 is 9.59 Å². The summed E-state index contributed by atoms with van der Waals surface area (Å²) in [4.78, 5) is 142. The number of benzene rings is 2. The maximum atomic E-state index is 15.1. The largest absolute Gasteiger partial charge is 0.391 e. The molecule has 21 nitrogen and oxygen atoms in total. The highest BCUT2D eigenvalue weighted by Crippen LogP contribution is 2.27. The molecule has 11 atom stereocenters. The van der Waals surface area contributed by atoms with Crippen molar-refractivity contribution < 1.29 is 58.1 Å². The third kappa shape index (κ3) is 21.5. The molecule has 1 saturated heterocycles. The Kier molecular flexibility index (Phi) is 29.3. The molecule has 0 radical (unpaired) electrons. The number of likely N-dealkylation sites (N-methyl/N-ethyl adjacent to an activating group) is 6. The van der Waals surface area contributed by atoms with Crippen LogP contribution in [0.15, 0.2) is 61.2 Å². The van der Waals surface area contributed by atoms with Gasteiger partial charge >= 0.3 is 0 Å². The lowest BCUT2D eigenvalue weighted by Gasteiger charge is -2.40. The predicted molar refractivity (Wildman–Crippen MR) is 349 cm³/mol. The van der Waals surface area contributed by atoms with Crippen LogP contribution in [0, 0.1) is 23.7 Å². The van der Waals surface area contributed by atoms with E-state index in [4.69, 9.17) is 4.74 Å². The molecule has 21 heteroatoms. The number of likely N-dealkylation sites (tertiary alicyclic amines) is 1. The van der Waals surface area contributed by atoms with Crippen molar-refractivity contribution in [3.05, 3.63) is 77.9 Å². The molecule has 502 valence electrons. The molecule has 1 unspecified atom stereocenters. The molecule has 8 amide bonds. The number of hydrogen-bond donors (Lipinski definition) is 4.